The third-order valence-electron chi connectivity index (χ3n) is 5.85. The highest BCUT2D eigenvalue weighted by Crippen LogP contribution is 2.36. The van der Waals surface area contributed by atoms with E-state index in [4.69, 9.17) is 11.6 Å². The first kappa shape index (κ1) is 21.9. The van der Waals surface area contributed by atoms with Gasteiger partial charge in [0.15, 0.2) is 0 Å². The SMILES string of the molecule is Cc1cc(Nc2cccc3c2CCN3C(=O)c2ccc(Nc3cc(C)ncc3Cl)cc2)ccn1. The van der Waals surface area contributed by atoms with Gasteiger partial charge in [-0.25, -0.2) is 0 Å². The highest BCUT2D eigenvalue weighted by molar-refractivity contribution is 6.33. The van der Waals surface area contributed by atoms with Gasteiger partial charge in [0.25, 0.3) is 5.91 Å². The molecule has 3 heterocycles. The summed E-state index contributed by atoms with van der Waals surface area (Å²) in [7, 11) is 0. The molecular formula is C27H24ClN5O. The summed E-state index contributed by atoms with van der Waals surface area (Å²) in [5.41, 5.74) is 8.19. The third kappa shape index (κ3) is 4.45. The average molecular weight is 470 g/mol. The van der Waals surface area contributed by atoms with Gasteiger partial charge in [-0.3, -0.25) is 14.8 Å². The summed E-state index contributed by atoms with van der Waals surface area (Å²) >= 11 is 6.24. The van der Waals surface area contributed by atoms with Crippen molar-refractivity contribution in [3.8, 4) is 0 Å². The molecule has 1 aliphatic heterocycles. The lowest BCUT2D eigenvalue weighted by Crippen LogP contribution is -2.28. The molecule has 0 saturated heterocycles. The molecule has 34 heavy (non-hydrogen) atoms. The zero-order valence-electron chi connectivity index (χ0n) is 19.0. The van der Waals surface area contributed by atoms with Crippen LogP contribution in [0.25, 0.3) is 0 Å². The second-order valence-corrected chi connectivity index (χ2v) is 8.74. The van der Waals surface area contributed by atoms with Crippen molar-refractivity contribution >= 4 is 45.9 Å². The summed E-state index contributed by atoms with van der Waals surface area (Å²) in [4.78, 5) is 23.6. The number of pyridine rings is 2. The second-order valence-electron chi connectivity index (χ2n) is 8.33. The van der Waals surface area contributed by atoms with E-state index in [0.29, 0.717) is 17.1 Å². The van der Waals surface area contributed by atoms with Gasteiger partial charge >= 0.3 is 0 Å². The van der Waals surface area contributed by atoms with Gasteiger partial charge in [-0.2, -0.15) is 0 Å². The fourth-order valence-corrected chi connectivity index (χ4v) is 4.34. The third-order valence-corrected chi connectivity index (χ3v) is 6.15. The maximum absolute atomic E-state index is 13.3. The van der Waals surface area contributed by atoms with E-state index >= 15 is 0 Å². The van der Waals surface area contributed by atoms with Crippen molar-refractivity contribution in [2.75, 3.05) is 22.1 Å². The number of aromatic nitrogens is 2. The van der Waals surface area contributed by atoms with Crippen molar-refractivity contribution in [3.63, 3.8) is 0 Å². The number of rotatable bonds is 5. The fourth-order valence-electron chi connectivity index (χ4n) is 4.19. The number of hydrogen-bond donors (Lipinski definition) is 2. The number of carbonyl (C=O) groups excluding carboxylic acids is 1. The molecule has 2 N–H and O–H groups in total. The number of nitrogens with zero attached hydrogens (tertiary/aromatic N) is 3. The molecule has 2 aromatic heterocycles. The molecule has 0 atom stereocenters. The van der Waals surface area contributed by atoms with E-state index in [0.717, 1.165) is 51.8 Å². The van der Waals surface area contributed by atoms with Crippen LogP contribution in [0.15, 0.2) is 73.1 Å². The lowest BCUT2D eigenvalue weighted by Gasteiger charge is -2.19. The number of hydrogen-bond acceptors (Lipinski definition) is 5. The van der Waals surface area contributed by atoms with Gasteiger partial charge in [-0.1, -0.05) is 17.7 Å². The minimum absolute atomic E-state index is 0.0139. The molecule has 0 saturated carbocycles. The molecule has 6 nitrogen and oxygen atoms in total. The first-order valence-electron chi connectivity index (χ1n) is 11.1. The van der Waals surface area contributed by atoms with Gasteiger partial charge in [0.1, 0.15) is 0 Å². The number of halogens is 1. The van der Waals surface area contributed by atoms with Crippen molar-refractivity contribution in [2.24, 2.45) is 0 Å². The van der Waals surface area contributed by atoms with Crippen molar-refractivity contribution < 1.29 is 4.79 Å². The zero-order valence-corrected chi connectivity index (χ0v) is 19.7. The maximum Gasteiger partial charge on any atom is 0.258 e. The molecule has 4 aromatic rings. The molecule has 0 fully saturated rings. The summed E-state index contributed by atoms with van der Waals surface area (Å²) in [6.07, 6.45) is 4.22. The minimum atomic E-state index is -0.0139. The Bertz CT molecular complexity index is 1370. The highest BCUT2D eigenvalue weighted by Gasteiger charge is 2.27. The van der Waals surface area contributed by atoms with E-state index in [9.17, 15) is 4.79 Å². The van der Waals surface area contributed by atoms with E-state index in [1.165, 1.54) is 0 Å². The van der Waals surface area contributed by atoms with Crippen LogP contribution in [-0.4, -0.2) is 22.4 Å². The Balaban J connectivity index is 1.34. The van der Waals surface area contributed by atoms with Gasteiger partial charge in [0, 0.05) is 64.2 Å². The Morgan fingerprint density at radius 2 is 1.68 bits per heavy atom. The molecule has 2 aromatic carbocycles. The van der Waals surface area contributed by atoms with Crippen LogP contribution in [0.3, 0.4) is 0 Å². The number of benzene rings is 2. The Hall–Kier alpha value is -3.90. The average Bonchev–Trinajstić information content (AvgIpc) is 3.27. The van der Waals surface area contributed by atoms with Crippen LogP contribution >= 0.6 is 11.6 Å². The molecule has 1 amide bonds. The predicted molar refractivity (Wildman–Crippen MR) is 138 cm³/mol. The van der Waals surface area contributed by atoms with E-state index in [-0.39, 0.29) is 5.91 Å². The molecule has 1 aliphatic rings. The molecule has 0 bridgehead atoms. The lowest BCUT2D eigenvalue weighted by molar-refractivity contribution is 0.0989. The summed E-state index contributed by atoms with van der Waals surface area (Å²) in [6, 6.07) is 19.3. The van der Waals surface area contributed by atoms with Crippen LogP contribution < -0.4 is 15.5 Å². The van der Waals surface area contributed by atoms with E-state index < -0.39 is 0 Å². The van der Waals surface area contributed by atoms with Crippen molar-refractivity contribution in [3.05, 3.63) is 101 Å². The number of carbonyl (C=O) groups is 1. The molecule has 5 rings (SSSR count). The number of anilines is 5. The summed E-state index contributed by atoms with van der Waals surface area (Å²) in [6.45, 7) is 4.53. The van der Waals surface area contributed by atoms with Crippen molar-refractivity contribution in [2.45, 2.75) is 20.3 Å². The Morgan fingerprint density at radius 3 is 2.47 bits per heavy atom. The van der Waals surface area contributed by atoms with Crippen LogP contribution in [0.5, 0.6) is 0 Å². The van der Waals surface area contributed by atoms with Crippen LogP contribution in [0.4, 0.5) is 28.4 Å². The van der Waals surface area contributed by atoms with Gasteiger partial charge in [0.05, 0.1) is 10.7 Å². The van der Waals surface area contributed by atoms with Crippen molar-refractivity contribution in [1.82, 2.24) is 9.97 Å². The lowest BCUT2D eigenvalue weighted by atomic mass is 10.1. The monoisotopic (exact) mass is 469 g/mol. The maximum atomic E-state index is 13.3. The van der Waals surface area contributed by atoms with Crippen LogP contribution in [0, 0.1) is 13.8 Å². The normalized spacial score (nSPS) is 12.4. The summed E-state index contributed by atoms with van der Waals surface area (Å²) < 4.78 is 0. The second kappa shape index (κ2) is 9.15. The van der Waals surface area contributed by atoms with Crippen LogP contribution in [0.1, 0.15) is 27.3 Å². The van der Waals surface area contributed by atoms with Crippen LogP contribution in [0.2, 0.25) is 5.02 Å². The highest BCUT2D eigenvalue weighted by atomic mass is 35.5. The quantitative estimate of drug-likeness (QED) is 0.352. The Labute approximate surface area is 203 Å². The van der Waals surface area contributed by atoms with Crippen LogP contribution in [-0.2, 0) is 6.42 Å². The van der Waals surface area contributed by atoms with E-state index in [2.05, 4.69) is 26.7 Å². The molecule has 170 valence electrons. The summed E-state index contributed by atoms with van der Waals surface area (Å²) in [5, 5.41) is 7.32. The largest absolute Gasteiger partial charge is 0.355 e. The van der Waals surface area contributed by atoms with Gasteiger partial charge in [-0.15, -0.1) is 0 Å². The van der Waals surface area contributed by atoms with E-state index in [1.807, 2.05) is 73.3 Å². The van der Waals surface area contributed by atoms with E-state index in [1.54, 1.807) is 12.4 Å². The first-order chi connectivity index (χ1) is 16.5. The number of nitrogens with one attached hydrogen (secondary N) is 2. The molecule has 0 spiro atoms. The van der Waals surface area contributed by atoms with Crippen molar-refractivity contribution in [1.29, 1.82) is 0 Å². The van der Waals surface area contributed by atoms with Gasteiger partial charge in [0.2, 0.25) is 0 Å². The Kier molecular flexibility index (Phi) is 5.90. The molecule has 0 aliphatic carbocycles. The zero-order chi connectivity index (χ0) is 23.7. The standard InChI is InChI=1S/C27H24ClN5O/c1-17-14-21(10-12-29-17)32-24-4-3-5-26-22(24)11-13-33(26)27(34)19-6-8-20(9-7-19)31-25-15-18(2)30-16-23(25)28/h3-10,12,14-16H,11,13H2,1-2H3,(H,29,32)(H,30,31). The fraction of sp³-hybridized carbons (Fsp3) is 0.148. The van der Waals surface area contributed by atoms with Gasteiger partial charge in [-0.05, 0) is 74.9 Å². The van der Waals surface area contributed by atoms with Gasteiger partial charge < -0.3 is 15.5 Å². The molecule has 7 heteroatoms. The number of amides is 1. The summed E-state index contributed by atoms with van der Waals surface area (Å²) in [5.74, 6) is -0.0139. The molecule has 0 unspecified atom stereocenters. The Morgan fingerprint density at radius 1 is 0.912 bits per heavy atom. The minimum Gasteiger partial charge on any atom is -0.355 e. The topological polar surface area (TPSA) is 70.2 Å². The first-order valence-corrected chi connectivity index (χ1v) is 11.5. The molecule has 0 radical (unpaired) electrons. The number of fused-ring (bicyclic) bond motifs is 1. The number of aryl methyl sites for hydroxylation is 2. The smallest absolute Gasteiger partial charge is 0.258 e. The molecular weight excluding hydrogens is 446 g/mol. The predicted octanol–water partition coefficient (Wildman–Crippen LogP) is 6.44.